The molecule has 0 saturated heterocycles. The van der Waals surface area contributed by atoms with Gasteiger partial charge < -0.3 is 15.1 Å². The number of aliphatic hydroxyl groups is 1. The number of nitrogens with zero attached hydrogens (tertiary/aromatic N) is 1. The van der Waals surface area contributed by atoms with E-state index in [1.165, 1.54) is 27.7 Å². The minimum absolute atomic E-state index is 0.0185. The number of carboxylic acid groups (broad SMARTS) is 1. The molecule has 1 amide bonds. The first-order valence-electron chi connectivity index (χ1n) is 14.3. The van der Waals surface area contributed by atoms with Crippen molar-refractivity contribution in [2.45, 2.75) is 50.5 Å². The lowest BCUT2D eigenvalue weighted by molar-refractivity contribution is -0.158. The number of aliphatic hydroxyl groups excluding tert-OH is 1. The summed E-state index contributed by atoms with van der Waals surface area (Å²) in [5.41, 5.74) is 4.36. The van der Waals surface area contributed by atoms with Crippen LogP contribution in [-0.2, 0) is 16.0 Å². The topological polar surface area (TPSA) is 77.8 Å². The SMILES string of the molecule is O=C(O)C(=O)N(CC(c1ccc(-c2cccc3ccccc23)cc1)C1CCCCC1)[C@H](CO)Cc1ccccc1. The van der Waals surface area contributed by atoms with Gasteiger partial charge in [-0.1, -0.05) is 116 Å². The van der Waals surface area contributed by atoms with Crippen LogP contribution in [0.1, 0.15) is 49.1 Å². The van der Waals surface area contributed by atoms with E-state index >= 15 is 0 Å². The summed E-state index contributed by atoms with van der Waals surface area (Å²) in [6.45, 7) is -0.0349. The van der Waals surface area contributed by atoms with E-state index in [2.05, 4.69) is 60.7 Å². The van der Waals surface area contributed by atoms with Crippen LogP contribution in [0.2, 0.25) is 0 Å². The Balaban J connectivity index is 1.48. The maximum Gasteiger partial charge on any atom is 0.394 e. The fraction of sp³-hybridized carbons (Fsp3) is 0.314. The molecule has 0 aromatic heterocycles. The molecule has 5 nitrogen and oxygen atoms in total. The molecule has 40 heavy (non-hydrogen) atoms. The van der Waals surface area contributed by atoms with Crippen LogP contribution in [0.4, 0.5) is 0 Å². The third kappa shape index (κ3) is 6.26. The molecule has 2 N–H and O–H groups in total. The maximum atomic E-state index is 13.1. The molecular formula is C35H37NO4. The van der Waals surface area contributed by atoms with Crippen LogP contribution in [0, 0.1) is 5.92 Å². The third-order valence-corrected chi connectivity index (χ3v) is 8.46. The van der Waals surface area contributed by atoms with Crippen LogP contribution >= 0.6 is 0 Å². The molecule has 5 rings (SSSR count). The van der Waals surface area contributed by atoms with Crippen molar-refractivity contribution in [3.05, 3.63) is 108 Å². The molecule has 1 aliphatic rings. The zero-order valence-corrected chi connectivity index (χ0v) is 22.8. The van der Waals surface area contributed by atoms with Crippen molar-refractivity contribution in [1.82, 2.24) is 4.90 Å². The summed E-state index contributed by atoms with van der Waals surface area (Å²) in [6.07, 6.45) is 5.97. The molecule has 1 saturated carbocycles. The molecule has 1 unspecified atom stereocenters. The summed E-state index contributed by atoms with van der Waals surface area (Å²) in [7, 11) is 0. The van der Waals surface area contributed by atoms with E-state index in [4.69, 9.17) is 0 Å². The molecule has 0 spiro atoms. The fourth-order valence-electron chi connectivity index (χ4n) is 6.34. The molecule has 1 fully saturated rings. The predicted molar refractivity (Wildman–Crippen MR) is 159 cm³/mol. The Kier molecular flexibility index (Phi) is 8.92. The normalized spacial score (nSPS) is 15.4. The zero-order chi connectivity index (χ0) is 27.9. The first-order chi connectivity index (χ1) is 19.5. The number of aliphatic carboxylic acids is 1. The highest BCUT2D eigenvalue weighted by atomic mass is 16.4. The van der Waals surface area contributed by atoms with Gasteiger partial charge in [0.15, 0.2) is 0 Å². The minimum Gasteiger partial charge on any atom is -0.474 e. The number of hydrogen-bond donors (Lipinski definition) is 2. The number of amides is 1. The molecule has 4 aromatic rings. The zero-order valence-electron chi connectivity index (χ0n) is 22.8. The number of carbonyl (C=O) groups excluding carboxylic acids is 1. The predicted octanol–water partition coefficient (Wildman–Crippen LogP) is 6.69. The minimum atomic E-state index is -1.49. The monoisotopic (exact) mass is 535 g/mol. The van der Waals surface area contributed by atoms with Crippen molar-refractivity contribution in [2.24, 2.45) is 5.92 Å². The summed E-state index contributed by atoms with van der Waals surface area (Å²) in [4.78, 5) is 26.4. The van der Waals surface area contributed by atoms with Gasteiger partial charge in [-0.3, -0.25) is 4.79 Å². The van der Waals surface area contributed by atoms with Crippen molar-refractivity contribution in [3.8, 4) is 11.1 Å². The number of rotatable bonds is 9. The van der Waals surface area contributed by atoms with Gasteiger partial charge in [0, 0.05) is 12.5 Å². The second-order valence-electron chi connectivity index (χ2n) is 10.9. The summed E-state index contributed by atoms with van der Waals surface area (Å²) in [5, 5.41) is 22.5. The first kappa shape index (κ1) is 27.6. The Hall–Kier alpha value is -3.96. The average molecular weight is 536 g/mol. The van der Waals surface area contributed by atoms with Gasteiger partial charge in [-0.25, -0.2) is 4.79 Å². The number of carboxylic acids is 1. The highest BCUT2D eigenvalue weighted by Gasteiger charge is 2.34. The number of hydrogen-bond acceptors (Lipinski definition) is 3. The lowest BCUT2D eigenvalue weighted by Gasteiger charge is -2.37. The van der Waals surface area contributed by atoms with Gasteiger partial charge in [0.1, 0.15) is 0 Å². The molecule has 2 atom stereocenters. The van der Waals surface area contributed by atoms with Gasteiger partial charge in [-0.15, -0.1) is 0 Å². The van der Waals surface area contributed by atoms with Crippen molar-refractivity contribution in [3.63, 3.8) is 0 Å². The summed E-state index contributed by atoms with van der Waals surface area (Å²) < 4.78 is 0. The standard InChI is InChI=1S/C35H37NO4/c37-24-30(22-25-10-3-1-4-11-25)36(34(38)35(39)40)23-33(27-12-5-2-6-13-27)29-20-18-28(19-21-29)32-17-9-15-26-14-7-8-16-31(26)32/h1,3-4,7-11,14-21,27,30,33,37H,2,5-6,12-13,22-24H2,(H,39,40)/t30-,33?/m0/s1. The molecule has 5 heteroatoms. The molecule has 0 heterocycles. The van der Waals surface area contributed by atoms with Crippen molar-refractivity contribution < 1.29 is 19.8 Å². The van der Waals surface area contributed by atoms with Gasteiger partial charge >= 0.3 is 11.9 Å². The molecule has 4 aromatic carbocycles. The third-order valence-electron chi connectivity index (χ3n) is 8.46. The fourth-order valence-corrected chi connectivity index (χ4v) is 6.34. The number of benzene rings is 4. The van der Waals surface area contributed by atoms with E-state index in [1.54, 1.807) is 0 Å². The Morgan fingerprint density at radius 1 is 0.800 bits per heavy atom. The van der Waals surface area contributed by atoms with Gasteiger partial charge in [-0.05, 0) is 58.2 Å². The Morgan fingerprint density at radius 2 is 1.48 bits per heavy atom. The second-order valence-corrected chi connectivity index (χ2v) is 10.9. The number of carbonyl (C=O) groups is 2. The van der Waals surface area contributed by atoms with Crippen LogP contribution in [0.3, 0.4) is 0 Å². The van der Waals surface area contributed by atoms with E-state index in [1.807, 2.05) is 36.4 Å². The van der Waals surface area contributed by atoms with Crippen molar-refractivity contribution in [2.75, 3.05) is 13.2 Å². The Bertz CT molecular complexity index is 1420. The van der Waals surface area contributed by atoms with Crippen LogP contribution in [0.15, 0.2) is 97.1 Å². The van der Waals surface area contributed by atoms with E-state index in [0.717, 1.165) is 42.4 Å². The van der Waals surface area contributed by atoms with Crippen LogP contribution in [0.5, 0.6) is 0 Å². The van der Waals surface area contributed by atoms with E-state index in [9.17, 15) is 19.8 Å². The van der Waals surface area contributed by atoms with Gasteiger partial charge in [0.2, 0.25) is 0 Å². The van der Waals surface area contributed by atoms with E-state index in [0.29, 0.717) is 12.3 Å². The second kappa shape index (κ2) is 12.9. The molecule has 0 aliphatic heterocycles. The molecule has 1 aliphatic carbocycles. The van der Waals surface area contributed by atoms with Gasteiger partial charge in [-0.2, -0.15) is 0 Å². The summed E-state index contributed by atoms with van der Waals surface area (Å²) in [5.74, 6) is -2.12. The first-order valence-corrected chi connectivity index (χ1v) is 14.3. The smallest absolute Gasteiger partial charge is 0.394 e. The highest BCUT2D eigenvalue weighted by Crippen LogP contribution is 2.38. The highest BCUT2D eigenvalue weighted by molar-refractivity contribution is 6.31. The lowest BCUT2D eigenvalue weighted by atomic mass is 9.76. The lowest BCUT2D eigenvalue weighted by Crippen LogP contribution is -2.49. The summed E-state index contributed by atoms with van der Waals surface area (Å²) >= 11 is 0. The Labute approximate surface area is 236 Å². The van der Waals surface area contributed by atoms with Crippen LogP contribution < -0.4 is 0 Å². The van der Waals surface area contributed by atoms with Crippen LogP contribution in [0.25, 0.3) is 21.9 Å². The molecular weight excluding hydrogens is 498 g/mol. The van der Waals surface area contributed by atoms with Crippen molar-refractivity contribution in [1.29, 1.82) is 0 Å². The van der Waals surface area contributed by atoms with Crippen LogP contribution in [-0.4, -0.2) is 46.2 Å². The average Bonchev–Trinajstić information content (AvgIpc) is 3.01. The molecule has 0 bridgehead atoms. The number of fused-ring (bicyclic) bond motifs is 1. The van der Waals surface area contributed by atoms with Crippen molar-refractivity contribution >= 4 is 22.6 Å². The quantitative estimate of drug-likeness (QED) is 0.234. The molecule has 206 valence electrons. The Morgan fingerprint density at radius 3 is 2.17 bits per heavy atom. The largest absolute Gasteiger partial charge is 0.474 e. The summed E-state index contributed by atoms with van der Waals surface area (Å²) in [6, 6.07) is 32.3. The van der Waals surface area contributed by atoms with E-state index < -0.39 is 17.9 Å². The molecule has 0 radical (unpaired) electrons. The van der Waals surface area contributed by atoms with E-state index in [-0.39, 0.29) is 19.1 Å². The van der Waals surface area contributed by atoms with Gasteiger partial charge in [0.25, 0.3) is 0 Å². The van der Waals surface area contributed by atoms with Gasteiger partial charge in [0.05, 0.1) is 12.6 Å². The maximum absolute atomic E-state index is 13.1.